The topological polar surface area (TPSA) is 61.4 Å². The summed E-state index contributed by atoms with van der Waals surface area (Å²) in [5.41, 5.74) is -3.38. The highest BCUT2D eigenvalue weighted by atomic mass is 35.5. The zero-order valence-corrected chi connectivity index (χ0v) is 13.2. The molecule has 1 aromatic rings. The maximum atomic E-state index is 13.3. The van der Waals surface area contributed by atoms with E-state index in [1.807, 2.05) is 0 Å². The van der Waals surface area contributed by atoms with Crippen LogP contribution in [0.4, 0.5) is 13.2 Å². The monoisotopic (exact) mass is 352 g/mol. The quantitative estimate of drug-likeness (QED) is 0.776. The van der Waals surface area contributed by atoms with Gasteiger partial charge in [-0.2, -0.15) is 13.2 Å². The van der Waals surface area contributed by atoms with Crippen LogP contribution in [0, 0.1) is 5.92 Å². The molecule has 0 aromatic heterocycles. The van der Waals surface area contributed by atoms with Gasteiger partial charge in [0.15, 0.2) is 0 Å². The molecule has 0 saturated carbocycles. The summed E-state index contributed by atoms with van der Waals surface area (Å²) in [6.45, 7) is 0.359. The molecule has 1 aliphatic rings. The zero-order chi connectivity index (χ0) is 16.2. The smallest absolute Gasteiger partial charge is 0.375 e. The summed E-state index contributed by atoms with van der Waals surface area (Å²) in [6.07, 6.45) is -3.44. The van der Waals surface area contributed by atoms with Crippen molar-refractivity contribution in [3.05, 3.63) is 35.9 Å². The first-order valence-corrected chi connectivity index (χ1v) is 7.17. The van der Waals surface area contributed by atoms with Crippen LogP contribution >= 0.6 is 12.4 Å². The number of hydrogen-bond donors (Lipinski definition) is 3. The van der Waals surface area contributed by atoms with Crippen molar-refractivity contribution in [1.29, 1.82) is 0 Å². The number of halogens is 4. The fourth-order valence-corrected chi connectivity index (χ4v) is 2.51. The molecule has 8 heteroatoms. The molecule has 0 spiro atoms. The van der Waals surface area contributed by atoms with Crippen molar-refractivity contribution in [3.63, 3.8) is 0 Å². The van der Waals surface area contributed by atoms with Crippen LogP contribution in [0.25, 0.3) is 0 Å². The third-order valence-corrected chi connectivity index (χ3v) is 3.91. The third-order valence-electron chi connectivity index (χ3n) is 3.91. The predicted octanol–water partition coefficient (Wildman–Crippen LogP) is 1.97. The number of carbonyl (C=O) groups is 1. The highest BCUT2D eigenvalue weighted by molar-refractivity contribution is 5.85. The lowest BCUT2D eigenvalue weighted by Gasteiger charge is -2.32. The SMILES string of the molecule is Cl.O=C(NCC(O)(c1ccccc1)C(F)(F)F)C1CCCNC1. The van der Waals surface area contributed by atoms with Crippen LogP contribution in [-0.4, -0.2) is 36.8 Å². The Balaban J connectivity index is 0.00000264. The van der Waals surface area contributed by atoms with Crippen molar-refractivity contribution in [2.24, 2.45) is 5.92 Å². The predicted molar refractivity (Wildman–Crippen MR) is 82.2 cm³/mol. The van der Waals surface area contributed by atoms with E-state index >= 15 is 0 Å². The number of nitrogens with one attached hydrogen (secondary N) is 2. The van der Waals surface area contributed by atoms with E-state index in [9.17, 15) is 23.1 Å². The largest absolute Gasteiger partial charge is 0.423 e. The lowest BCUT2D eigenvalue weighted by atomic mass is 9.92. The number of rotatable bonds is 4. The van der Waals surface area contributed by atoms with Crippen molar-refractivity contribution in [3.8, 4) is 0 Å². The summed E-state index contributed by atoms with van der Waals surface area (Å²) >= 11 is 0. The fourth-order valence-electron chi connectivity index (χ4n) is 2.51. The van der Waals surface area contributed by atoms with Crippen LogP contribution in [0.3, 0.4) is 0 Å². The summed E-state index contributed by atoms with van der Waals surface area (Å²) in [5.74, 6) is -0.826. The molecule has 0 aliphatic carbocycles. The first kappa shape index (κ1) is 19.7. The maximum Gasteiger partial charge on any atom is 0.423 e. The van der Waals surface area contributed by atoms with Gasteiger partial charge in [-0.15, -0.1) is 12.4 Å². The van der Waals surface area contributed by atoms with Gasteiger partial charge in [0.1, 0.15) is 0 Å². The lowest BCUT2D eigenvalue weighted by molar-refractivity contribution is -0.264. The van der Waals surface area contributed by atoms with Crippen LogP contribution in [0.15, 0.2) is 30.3 Å². The summed E-state index contributed by atoms with van der Waals surface area (Å²) in [6, 6.07) is 6.79. The molecule has 1 aromatic carbocycles. The van der Waals surface area contributed by atoms with Crippen molar-refractivity contribution in [2.45, 2.75) is 24.6 Å². The van der Waals surface area contributed by atoms with Crippen LogP contribution in [0.5, 0.6) is 0 Å². The Labute approximate surface area is 138 Å². The minimum atomic E-state index is -4.88. The fraction of sp³-hybridized carbons (Fsp3) is 0.533. The van der Waals surface area contributed by atoms with E-state index < -0.39 is 24.2 Å². The standard InChI is InChI=1S/C15H19F3N2O2.ClH/c16-15(17,18)14(22,12-6-2-1-3-7-12)10-20-13(21)11-5-4-8-19-9-11;/h1-3,6-7,11,19,22H,4-5,8-10H2,(H,20,21);1H. The molecule has 4 nitrogen and oxygen atoms in total. The van der Waals surface area contributed by atoms with Crippen molar-refractivity contribution in [2.75, 3.05) is 19.6 Å². The van der Waals surface area contributed by atoms with Gasteiger partial charge in [-0.05, 0) is 24.9 Å². The Bertz CT molecular complexity index is 507. The number of hydrogen-bond acceptors (Lipinski definition) is 3. The molecule has 0 bridgehead atoms. The molecule has 1 saturated heterocycles. The first-order valence-electron chi connectivity index (χ1n) is 7.17. The van der Waals surface area contributed by atoms with Crippen molar-refractivity contribution in [1.82, 2.24) is 10.6 Å². The molecule has 1 heterocycles. The number of alkyl halides is 3. The molecule has 1 fully saturated rings. The van der Waals surface area contributed by atoms with E-state index in [2.05, 4.69) is 10.6 Å². The van der Waals surface area contributed by atoms with Crippen LogP contribution in [-0.2, 0) is 10.4 Å². The van der Waals surface area contributed by atoms with E-state index in [1.54, 1.807) is 6.07 Å². The summed E-state index contributed by atoms with van der Waals surface area (Å²) in [7, 11) is 0. The van der Waals surface area contributed by atoms with Gasteiger partial charge in [0.05, 0.1) is 12.5 Å². The van der Waals surface area contributed by atoms with E-state index in [0.29, 0.717) is 13.0 Å². The Kier molecular flexibility index (Phi) is 6.85. The highest BCUT2D eigenvalue weighted by Gasteiger charge is 2.55. The third kappa shape index (κ3) is 4.59. The van der Waals surface area contributed by atoms with E-state index in [0.717, 1.165) is 13.0 Å². The molecule has 1 amide bonds. The van der Waals surface area contributed by atoms with Gasteiger partial charge in [-0.25, -0.2) is 0 Å². The Hall–Kier alpha value is -1.31. The molecular weight excluding hydrogens is 333 g/mol. The van der Waals surface area contributed by atoms with Crippen molar-refractivity contribution >= 4 is 18.3 Å². The summed E-state index contributed by atoms with van der Waals surface area (Å²) in [4.78, 5) is 12.0. The van der Waals surface area contributed by atoms with Gasteiger partial charge in [0.2, 0.25) is 11.5 Å². The average molecular weight is 353 g/mol. The maximum absolute atomic E-state index is 13.3. The molecular formula is C15H20ClF3N2O2. The zero-order valence-electron chi connectivity index (χ0n) is 12.4. The molecule has 1 aliphatic heterocycles. The van der Waals surface area contributed by atoms with Gasteiger partial charge >= 0.3 is 6.18 Å². The number of amides is 1. The molecule has 2 atom stereocenters. The van der Waals surface area contributed by atoms with Crippen LogP contribution in [0.1, 0.15) is 18.4 Å². The van der Waals surface area contributed by atoms with Gasteiger partial charge in [0, 0.05) is 6.54 Å². The molecule has 130 valence electrons. The Morgan fingerprint density at radius 1 is 1.30 bits per heavy atom. The van der Waals surface area contributed by atoms with Gasteiger partial charge in [0.25, 0.3) is 0 Å². The number of piperidine rings is 1. The van der Waals surface area contributed by atoms with E-state index in [1.165, 1.54) is 24.3 Å². The molecule has 2 unspecified atom stereocenters. The van der Waals surface area contributed by atoms with Crippen LogP contribution in [0.2, 0.25) is 0 Å². The number of aliphatic hydroxyl groups is 1. The lowest BCUT2D eigenvalue weighted by Crippen LogP contribution is -2.52. The van der Waals surface area contributed by atoms with Crippen molar-refractivity contribution < 1.29 is 23.1 Å². The normalized spacial score (nSPS) is 21.0. The second kappa shape index (κ2) is 7.99. The first-order chi connectivity index (χ1) is 10.3. The molecule has 23 heavy (non-hydrogen) atoms. The van der Waals surface area contributed by atoms with Gasteiger partial charge in [-0.3, -0.25) is 4.79 Å². The number of benzene rings is 1. The highest BCUT2D eigenvalue weighted by Crippen LogP contribution is 2.38. The second-order valence-corrected chi connectivity index (χ2v) is 5.49. The number of carbonyl (C=O) groups excluding carboxylic acids is 1. The average Bonchev–Trinajstić information content (AvgIpc) is 2.53. The molecule has 0 radical (unpaired) electrons. The Morgan fingerprint density at radius 3 is 2.48 bits per heavy atom. The van der Waals surface area contributed by atoms with E-state index in [-0.39, 0.29) is 23.9 Å². The summed E-state index contributed by atoms with van der Waals surface area (Å²) in [5, 5.41) is 15.4. The van der Waals surface area contributed by atoms with Crippen LogP contribution < -0.4 is 10.6 Å². The molecule has 3 N–H and O–H groups in total. The second-order valence-electron chi connectivity index (χ2n) is 5.49. The Morgan fingerprint density at radius 2 is 1.96 bits per heavy atom. The van der Waals surface area contributed by atoms with Gasteiger partial charge in [-0.1, -0.05) is 30.3 Å². The van der Waals surface area contributed by atoms with Gasteiger partial charge < -0.3 is 15.7 Å². The van der Waals surface area contributed by atoms with E-state index in [4.69, 9.17) is 0 Å². The minimum absolute atomic E-state index is 0. The minimum Gasteiger partial charge on any atom is -0.375 e. The molecule has 2 rings (SSSR count). The summed E-state index contributed by atoms with van der Waals surface area (Å²) < 4.78 is 39.8.